The lowest BCUT2D eigenvalue weighted by atomic mass is 9.77. The Morgan fingerprint density at radius 2 is 1.40 bits per heavy atom. The van der Waals surface area contributed by atoms with Crippen LogP contribution in [-0.4, -0.2) is 29.0 Å². The van der Waals surface area contributed by atoms with Gasteiger partial charge in [0.2, 0.25) is 29.0 Å². The zero-order valence-electron chi connectivity index (χ0n) is 17.7. The maximum atomic E-state index is 13.9. The molecule has 6 rings (SSSR count). The molecule has 35 heavy (non-hydrogen) atoms. The molecule has 174 valence electrons. The third-order valence-corrected chi connectivity index (χ3v) is 7.65. The van der Waals surface area contributed by atoms with E-state index in [-0.39, 0.29) is 21.8 Å². The first-order chi connectivity index (χ1) is 16.8. The van der Waals surface area contributed by atoms with E-state index in [1.54, 1.807) is 42.5 Å². The number of halogens is 3. The standard InChI is InChI=1S/C26H14Cl3NO5/c27-12-4-3-5-14(10-12)30-24(33)19-20(25(30)34)26(22(31)15-6-1-2-7-16(15)23(26)32)35-21(19)17-9-8-13(28)11-18(17)29/h1-11,19-21H. The normalized spacial score (nSPS) is 24.4. The van der Waals surface area contributed by atoms with Gasteiger partial charge in [0.1, 0.15) is 0 Å². The molecule has 6 nitrogen and oxygen atoms in total. The fourth-order valence-electron chi connectivity index (χ4n) is 5.40. The molecule has 9 heteroatoms. The molecule has 1 spiro atoms. The zero-order valence-corrected chi connectivity index (χ0v) is 20.0. The molecule has 1 aliphatic carbocycles. The highest BCUT2D eigenvalue weighted by Gasteiger charge is 2.74. The molecule has 3 atom stereocenters. The number of rotatable bonds is 2. The van der Waals surface area contributed by atoms with Crippen LogP contribution in [0.3, 0.4) is 0 Å². The smallest absolute Gasteiger partial charge is 0.241 e. The number of amides is 2. The summed E-state index contributed by atoms with van der Waals surface area (Å²) in [5.41, 5.74) is -1.27. The molecule has 0 radical (unpaired) electrons. The highest BCUT2D eigenvalue weighted by Crippen LogP contribution is 2.58. The van der Waals surface area contributed by atoms with Gasteiger partial charge in [-0.05, 0) is 30.3 Å². The van der Waals surface area contributed by atoms with Crippen molar-refractivity contribution in [3.05, 3.63) is 98.5 Å². The summed E-state index contributed by atoms with van der Waals surface area (Å²) in [6.45, 7) is 0. The van der Waals surface area contributed by atoms with Gasteiger partial charge in [-0.3, -0.25) is 19.2 Å². The summed E-state index contributed by atoms with van der Waals surface area (Å²) in [5, 5.41) is 0.872. The number of imide groups is 1. The van der Waals surface area contributed by atoms with Crippen molar-refractivity contribution in [3.63, 3.8) is 0 Å². The summed E-state index contributed by atoms with van der Waals surface area (Å²) < 4.78 is 6.22. The van der Waals surface area contributed by atoms with E-state index in [1.165, 1.54) is 24.3 Å². The lowest BCUT2D eigenvalue weighted by molar-refractivity contribution is -0.127. The number of benzene rings is 3. The van der Waals surface area contributed by atoms with Gasteiger partial charge in [0, 0.05) is 31.8 Å². The van der Waals surface area contributed by atoms with Gasteiger partial charge >= 0.3 is 0 Å². The molecule has 2 saturated heterocycles. The molecule has 2 amide bonds. The minimum absolute atomic E-state index is 0.153. The monoisotopic (exact) mass is 525 g/mol. The van der Waals surface area contributed by atoms with E-state index >= 15 is 0 Å². The molecule has 3 aromatic carbocycles. The molecular weight excluding hydrogens is 513 g/mol. The number of hydrogen-bond donors (Lipinski definition) is 0. The predicted molar refractivity (Wildman–Crippen MR) is 129 cm³/mol. The van der Waals surface area contributed by atoms with Crippen LogP contribution in [0.1, 0.15) is 32.4 Å². The molecule has 0 bridgehead atoms. The van der Waals surface area contributed by atoms with E-state index in [0.29, 0.717) is 15.6 Å². The Kier molecular flexibility index (Phi) is 4.96. The van der Waals surface area contributed by atoms with Gasteiger partial charge in [-0.1, -0.05) is 71.2 Å². The van der Waals surface area contributed by atoms with E-state index < -0.39 is 46.9 Å². The van der Waals surface area contributed by atoms with Gasteiger partial charge in [-0.2, -0.15) is 0 Å². The van der Waals surface area contributed by atoms with Crippen LogP contribution in [0.4, 0.5) is 5.69 Å². The lowest BCUT2D eigenvalue weighted by Gasteiger charge is -2.27. The maximum absolute atomic E-state index is 13.9. The third kappa shape index (κ3) is 2.94. The number of fused-ring (bicyclic) bond motifs is 3. The van der Waals surface area contributed by atoms with Gasteiger partial charge in [0.25, 0.3) is 0 Å². The van der Waals surface area contributed by atoms with Crippen molar-refractivity contribution in [2.45, 2.75) is 11.7 Å². The van der Waals surface area contributed by atoms with Crippen molar-refractivity contribution in [2.75, 3.05) is 4.90 Å². The number of hydrogen-bond acceptors (Lipinski definition) is 5. The first kappa shape index (κ1) is 22.4. The van der Waals surface area contributed by atoms with Gasteiger partial charge < -0.3 is 4.74 Å². The molecule has 0 aromatic heterocycles. The number of ether oxygens (including phenoxy) is 1. The van der Waals surface area contributed by atoms with Crippen molar-refractivity contribution in [1.29, 1.82) is 0 Å². The van der Waals surface area contributed by atoms with Gasteiger partial charge in [-0.15, -0.1) is 0 Å². The van der Waals surface area contributed by atoms with Crippen LogP contribution in [0.15, 0.2) is 66.7 Å². The molecular formula is C26H14Cl3NO5. The van der Waals surface area contributed by atoms with E-state index in [1.807, 2.05) is 0 Å². The molecule has 3 aliphatic rings. The topological polar surface area (TPSA) is 80.8 Å². The Morgan fingerprint density at radius 1 is 0.743 bits per heavy atom. The Bertz CT molecular complexity index is 1450. The van der Waals surface area contributed by atoms with Gasteiger partial charge in [0.15, 0.2) is 0 Å². The first-order valence-electron chi connectivity index (χ1n) is 10.7. The number of ketones is 2. The third-order valence-electron chi connectivity index (χ3n) is 6.85. The Hall–Kier alpha value is -3.03. The van der Waals surface area contributed by atoms with Gasteiger partial charge in [0.05, 0.1) is 23.6 Å². The van der Waals surface area contributed by atoms with Crippen LogP contribution < -0.4 is 4.90 Å². The molecule has 2 aliphatic heterocycles. The number of carbonyl (C=O) groups is 4. The number of carbonyl (C=O) groups excluding carboxylic acids is 4. The minimum atomic E-state index is -2.18. The van der Waals surface area contributed by atoms with Crippen LogP contribution >= 0.6 is 34.8 Å². The van der Waals surface area contributed by atoms with Crippen molar-refractivity contribution < 1.29 is 23.9 Å². The highest BCUT2D eigenvalue weighted by molar-refractivity contribution is 6.38. The molecule has 0 N–H and O–H groups in total. The summed E-state index contributed by atoms with van der Waals surface area (Å²) in [7, 11) is 0. The van der Waals surface area contributed by atoms with Crippen molar-refractivity contribution in [1.82, 2.24) is 0 Å². The number of Topliss-reactive ketones (excluding diaryl/α,β-unsaturated/α-hetero) is 2. The predicted octanol–water partition coefficient (Wildman–Crippen LogP) is 5.34. The van der Waals surface area contributed by atoms with Crippen molar-refractivity contribution in [3.8, 4) is 0 Å². The second kappa shape index (κ2) is 7.73. The quantitative estimate of drug-likeness (QED) is 0.333. The van der Waals surface area contributed by atoms with Crippen LogP contribution in [0.25, 0.3) is 0 Å². The lowest BCUT2D eigenvalue weighted by Crippen LogP contribution is -2.51. The molecule has 3 aromatic rings. The molecule has 2 fully saturated rings. The fraction of sp³-hybridized carbons (Fsp3) is 0.154. The second-order valence-corrected chi connectivity index (χ2v) is 9.92. The number of nitrogens with zero attached hydrogens (tertiary/aromatic N) is 1. The zero-order chi connectivity index (χ0) is 24.6. The largest absolute Gasteiger partial charge is 0.349 e. The van der Waals surface area contributed by atoms with Crippen molar-refractivity contribution in [2.24, 2.45) is 11.8 Å². The summed E-state index contributed by atoms with van der Waals surface area (Å²) in [4.78, 5) is 56.1. The Balaban J connectivity index is 1.57. The van der Waals surface area contributed by atoms with Crippen molar-refractivity contribution >= 4 is 63.9 Å². The molecule has 2 heterocycles. The van der Waals surface area contributed by atoms with E-state index in [0.717, 1.165) is 4.90 Å². The molecule has 0 saturated carbocycles. The summed E-state index contributed by atoms with van der Waals surface area (Å²) in [6, 6.07) is 17.2. The van der Waals surface area contributed by atoms with Crippen LogP contribution in [-0.2, 0) is 14.3 Å². The van der Waals surface area contributed by atoms with E-state index in [9.17, 15) is 19.2 Å². The summed E-state index contributed by atoms with van der Waals surface area (Å²) >= 11 is 18.6. The van der Waals surface area contributed by atoms with E-state index in [4.69, 9.17) is 39.5 Å². The summed E-state index contributed by atoms with van der Waals surface area (Å²) in [6.07, 6.45) is -1.13. The second-order valence-electron chi connectivity index (χ2n) is 8.64. The average Bonchev–Trinajstić information content (AvgIpc) is 3.39. The molecule has 3 unspecified atom stereocenters. The van der Waals surface area contributed by atoms with E-state index in [2.05, 4.69) is 0 Å². The first-order valence-corrected chi connectivity index (χ1v) is 11.8. The Morgan fingerprint density at radius 3 is 2.03 bits per heavy atom. The average molecular weight is 527 g/mol. The van der Waals surface area contributed by atoms with Gasteiger partial charge in [-0.25, -0.2) is 4.90 Å². The summed E-state index contributed by atoms with van der Waals surface area (Å²) in [5.74, 6) is -5.14. The van der Waals surface area contributed by atoms with Crippen LogP contribution in [0, 0.1) is 11.8 Å². The van der Waals surface area contributed by atoms with Crippen LogP contribution in [0.2, 0.25) is 15.1 Å². The highest BCUT2D eigenvalue weighted by atomic mass is 35.5. The maximum Gasteiger partial charge on any atom is 0.241 e. The SMILES string of the molecule is O=C1C2C(c3ccc(Cl)cc3Cl)OC3(C(=O)c4ccccc4C3=O)C2C(=O)N1c1cccc(Cl)c1. The Labute approximate surface area is 214 Å². The fourth-order valence-corrected chi connectivity index (χ4v) is 6.10. The number of anilines is 1. The minimum Gasteiger partial charge on any atom is -0.349 e. The van der Waals surface area contributed by atoms with Crippen LogP contribution in [0.5, 0.6) is 0 Å².